The average Bonchev–Trinajstić information content (AvgIpc) is 2.59. The third-order valence-electron chi connectivity index (χ3n) is 3.68. The van der Waals surface area contributed by atoms with E-state index in [2.05, 4.69) is 46.9 Å². The minimum absolute atomic E-state index is 0. The molecule has 1 amide bonds. The molecule has 1 aliphatic heterocycles. The first kappa shape index (κ1) is 23.6. The van der Waals surface area contributed by atoms with Crippen molar-refractivity contribution in [1.29, 1.82) is 0 Å². The van der Waals surface area contributed by atoms with Gasteiger partial charge in [0.15, 0.2) is 0 Å². The molecule has 1 saturated heterocycles. The first-order valence-electron chi connectivity index (χ1n) is 7.45. The first-order chi connectivity index (χ1) is 11.8. The number of carbonyl (C=O) groups excluding carboxylic acids is 1. The number of amides is 1. The van der Waals surface area contributed by atoms with Crippen LogP contribution in [0.4, 0.5) is 5.82 Å². The van der Waals surface area contributed by atoms with E-state index in [9.17, 15) is 4.79 Å². The molecule has 1 fully saturated rings. The molecular weight excluding hydrogens is 405 g/mol. The van der Waals surface area contributed by atoms with Crippen molar-refractivity contribution >= 4 is 55.5 Å². The van der Waals surface area contributed by atoms with Crippen LogP contribution in [0.15, 0.2) is 36.4 Å². The van der Waals surface area contributed by atoms with Crippen LogP contribution in [0, 0.1) is 0 Å². The van der Waals surface area contributed by atoms with Crippen LogP contribution in [0.5, 0.6) is 0 Å². The van der Waals surface area contributed by atoms with Crippen molar-refractivity contribution < 1.29 is 47.7 Å². The van der Waals surface area contributed by atoms with Crippen LogP contribution in [-0.4, -0.2) is 61.0 Å². The number of pyridine rings is 1. The zero-order valence-corrected chi connectivity index (χ0v) is 18.8. The van der Waals surface area contributed by atoms with Gasteiger partial charge in [-0.3, -0.25) is 4.79 Å². The summed E-state index contributed by atoms with van der Waals surface area (Å²) in [6, 6.07) is 12.3. The van der Waals surface area contributed by atoms with Crippen molar-refractivity contribution in [1.82, 2.24) is 9.88 Å². The fourth-order valence-corrected chi connectivity index (χ4v) is 2.72. The summed E-state index contributed by atoms with van der Waals surface area (Å²) >= 11 is 7.40. The molecule has 0 aliphatic carbocycles. The quantitative estimate of drug-likeness (QED) is 0.433. The number of hydrogen-bond donors (Lipinski definition) is 2. The fraction of sp³-hybridized carbons (Fsp3) is 0.333. The van der Waals surface area contributed by atoms with E-state index >= 15 is 0 Å². The molecule has 1 unspecified atom stereocenters. The molecule has 0 radical (unpaired) electrons. The van der Waals surface area contributed by atoms with E-state index in [4.69, 9.17) is 18.3 Å². The second kappa shape index (κ2) is 10.8. The Labute approximate surface area is 185 Å². The molecule has 0 spiro atoms. The van der Waals surface area contributed by atoms with Crippen LogP contribution in [0.2, 0.25) is 0 Å². The maximum atomic E-state index is 11.6. The predicted molar refractivity (Wildman–Crippen MR) is 103 cm³/mol. The maximum Gasteiger partial charge on any atom is 1.00 e. The largest absolute Gasteiger partial charge is 1.00 e. The Hall–Kier alpha value is -0.460. The SMILES string of the molecule is O=C(CS)N1CCN(c2ccc3ccccc3n2)CC1.O=S([O-])(O)=S.[Na+]. The molecule has 1 aliphatic rings. The van der Waals surface area contributed by atoms with Gasteiger partial charge in [0, 0.05) is 31.6 Å². The standard InChI is InChI=1S/C15H17N3OS.Na.H2O3S2/c19-15(11-20)18-9-7-17(8-10-18)14-6-5-12-3-1-2-4-13(12)16-14;;1-5(2,3)4/h1-6,20H,7-11H2;;(H2,1,2,3,4)/q;+1;/p-1. The Morgan fingerprint density at radius 2 is 1.81 bits per heavy atom. The van der Waals surface area contributed by atoms with Crippen molar-refractivity contribution in [3.63, 3.8) is 0 Å². The van der Waals surface area contributed by atoms with E-state index in [0.29, 0.717) is 0 Å². The van der Waals surface area contributed by atoms with Crippen molar-refractivity contribution in [3.8, 4) is 0 Å². The molecule has 2 heterocycles. The van der Waals surface area contributed by atoms with Gasteiger partial charge in [0.2, 0.25) is 5.91 Å². The van der Waals surface area contributed by atoms with E-state index < -0.39 is 9.05 Å². The Balaban J connectivity index is 0.000000501. The number of piperazine rings is 1. The van der Waals surface area contributed by atoms with E-state index in [1.54, 1.807) is 0 Å². The molecule has 136 valence electrons. The second-order valence-electron chi connectivity index (χ2n) is 5.32. The van der Waals surface area contributed by atoms with E-state index in [1.165, 1.54) is 0 Å². The minimum Gasteiger partial charge on any atom is -0.748 e. The number of para-hydroxylation sites is 1. The summed E-state index contributed by atoms with van der Waals surface area (Å²) in [6.45, 7) is 3.14. The van der Waals surface area contributed by atoms with E-state index in [0.717, 1.165) is 42.9 Å². The first-order valence-corrected chi connectivity index (χ1v) is 10.5. The molecule has 7 nitrogen and oxygen atoms in total. The van der Waals surface area contributed by atoms with Gasteiger partial charge in [-0.1, -0.05) is 18.2 Å². The molecule has 0 bridgehead atoms. The number of aromatic nitrogens is 1. The van der Waals surface area contributed by atoms with Crippen LogP contribution in [-0.2, 0) is 25.0 Å². The minimum atomic E-state index is -4.08. The number of benzene rings is 1. The van der Waals surface area contributed by atoms with Gasteiger partial charge in [-0.05, 0) is 29.4 Å². The predicted octanol–water partition coefficient (Wildman–Crippen LogP) is -1.85. The molecule has 11 heteroatoms. The second-order valence-corrected chi connectivity index (χ2v) is 7.75. The third-order valence-corrected chi connectivity index (χ3v) is 3.95. The molecule has 26 heavy (non-hydrogen) atoms. The average molecular weight is 424 g/mol. The van der Waals surface area contributed by atoms with E-state index in [1.807, 2.05) is 23.1 Å². The van der Waals surface area contributed by atoms with Gasteiger partial charge in [0.1, 0.15) is 5.82 Å². The fourth-order valence-electron chi connectivity index (χ4n) is 2.52. The van der Waals surface area contributed by atoms with Crippen LogP contribution >= 0.6 is 12.6 Å². The molecular formula is C15H18N3NaO4S3. The van der Waals surface area contributed by atoms with Crippen molar-refractivity contribution in [2.75, 3.05) is 36.8 Å². The Kier molecular flexibility index (Phi) is 9.76. The molecule has 2 aromatic rings. The summed E-state index contributed by atoms with van der Waals surface area (Å²) in [6.07, 6.45) is 0. The smallest absolute Gasteiger partial charge is 0.748 e. The van der Waals surface area contributed by atoms with E-state index in [-0.39, 0.29) is 41.2 Å². The maximum absolute atomic E-state index is 11.6. The molecule has 3 rings (SSSR count). The van der Waals surface area contributed by atoms with Crippen molar-refractivity contribution in [2.24, 2.45) is 0 Å². The number of anilines is 1. The Morgan fingerprint density at radius 1 is 1.23 bits per heavy atom. The van der Waals surface area contributed by atoms with Gasteiger partial charge in [0.25, 0.3) is 0 Å². The zero-order chi connectivity index (χ0) is 18.4. The van der Waals surface area contributed by atoms with Crippen molar-refractivity contribution in [2.45, 2.75) is 0 Å². The number of hydrogen-bond acceptors (Lipinski definition) is 7. The summed E-state index contributed by atoms with van der Waals surface area (Å²) in [5.74, 6) is 1.38. The molecule has 1 N–H and O–H groups in total. The molecule has 1 aromatic carbocycles. The molecule has 0 saturated carbocycles. The Morgan fingerprint density at radius 3 is 2.38 bits per heavy atom. The molecule has 1 aromatic heterocycles. The monoisotopic (exact) mass is 423 g/mol. The van der Waals surface area contributed by atoms with Crippen LogP contribution in [0.25, 0.3) is 10.9 Å². The summed E-state index contributed by atoms with van der Waals surface area (Å²) in [5.41, 5.74) is 1.01. The molecule has 1 atom stereocenters. The number of rotatable bonds is 2. The summed E-state index contributed by atoms with van der Waals surface area (Å²) in [7, 11) is -4.08. The van der Waals surface area contributed by atoms with Gasteiger partial charge in [-0.25, -0.2) is 9.19 Å². The summed E-state index contributed by atoms with van der Waals surface area (Å²) < 4.78 is 25.3. The topological polar surface area (TPSA) is 96.8 Å². The Bertz CT molecular complexity index is 835. The zero-order valence-electron chi connectivity index (χ0n) is 14.3. The van der Waals surface area contributed by atoms with Gasteiger partial charge < -0.3 is 18.9 Å². The summed E-state index contributed by atoms with van der Waals surface area (Å²) in [5, 5.41) is 1.15. The third kappa shape index (κ3) is 7.65. The number of carbonyl (C=O) groups is 1. The van der Waals surface area contributed by atoms with Gasteiger partial charge in [-0.2, -0.15) is 12.6 Å². The van der Waals surface area contributed by atoms with Gasteiger partial charge in [0.05, 0.1) is 20.3 Å². The number of fused-ring (bicyclic) bond motifs is 1. The normalized spacial score (nSPS) is 16.1. The number of nitrogens with zero attached hydrogens (tertiary/aromatic N) is 3. The summed E-state index contributed by atoms with van der Waals surface area (Å²) in [4.78, 5) is 20.4. The van der Waals surface area contributed by atoms with Gasteiger partial charge in [-0.15, -0.1) is 0 Å². The van der Waals surface area contributed by atoms with Gasteiger partial charge >= 0.3 is 29.6 Å². The number of thiol groups is 1. The van der Waals surface area contributed by atoms with Crippen molar-refractivity contribution in [3.05, 3.63) is 36.4 Å². The van der Waals surface area contributed by atoms with Crippen LogP contribution < -0.4 is 34.5 Å². The van der Waals surface area contributed by atoms with Crippen LogP contribution in [0.1, 0.15) is 0 Å². The van der Waals surface area contributed by atoms with Crippen LogP contribution in [0.3, 0.4) is 0 Å².